The van der Waals surface area contributed by atoms with E-state index in [-0.39, 0.29) is 0 Å². The van der Waals surface area contributed by atoms with Crippen molar-refractivity contribution in [2.24, 2.45) is 0 Å². The lowest BCUT2D eigenvalue weighted by Crippen LogP contribution is -2.50. The van der Waals surface area contributed by atoms with Crippen LogP contribution in [0.5, 0.6) is 0 Å². The predicted molar refractivity (Wildman–Crippen MR) is 87.1 cm³/mol. The second kappa shape index (κ2) is 6.84. The predicted octanol–water partition coefficient (Wildman–Crippen LogP) is 3.20. The van der Waals surface area contributed by atoms with Gasteiger partial charge in [-0.1, -0.05) is 35.3 Å². The maximum absolute atomic E-state index is 10.4. The van der Waals surface area contributed by atoms with E-state index in [2.05, 4.69) is 9.80 Å². The summed E-state index contributed by atoms with van der Waals surface area (Å²) in [7, 11) is 0. The third kappa shape index (κ3) is 3.54. The minimum Gasteiger partial charge on any atom is -0.388 e. The molecule has 1 aromatic rings. The molecule has 2 heterocycles. The van der Waals surface area contributed by atoms with Crippen LogP contribution in [0.15, 0.2) is 18.2 Å². The van der Waals surface area contributed by atoms with E-state index in [0.29, 0.717) is 16.5 Å². The third-order valence-corrected chi connectivity index (χ3v) is 5.56. The van der Waals surface area contributed by atoms with Crippen LogP contribution in [0.3, 0.4) is 0 Å². The minimum absolute atomic E-state index is 0.479. The second-order valence-electron chi connectivity index (χ2n) is 6.08. The van der Waals surface area contributed by atoms with Crippen LogP contribution in [-0.4, -0.2) is 53.7 Å². The summed E-state index contributed by atoms with van der Waals surface area (Å²) in [6.45, 7) is 5.58. The molecule has 0 radical (unpaired) electrons. The number of rotatable bonds is 4. The standard InChI is InChI=1S/C16H22Cl2N2O/c17-14-5-1-4-13(16(14)18)15(21)6-8-19-9-10-20-7-2-3-12(20)11-19/h1,4-5,12,15,21H,2-3,6-11H2. The summed E-state index contributed by atoms with van der Waals surface area (Å²) in [4.78, 5) is 5.06. The first kappa shape index (κ1) is 15.6. The monoisotopic (exact) mass is 328 g/mol. The zero-order valence-electron chi connectivity index (χ0n) is 12.1. The number of halogens is 2. The number of hydrogen-bond donors (Lipinski definition) is 1. The molecule has 0 saturated carbocycles. The Morgan fingerprint density at radius 1 is 1.24 bits per heavy atom. The normalized spacial score (nSPS) is 25.0. The highest BCUT2D eigenvalue weighted by Gasteiger charge is 2.30. The highest BCUT2D eigenvalue weighted by atomic mass is 35.5. The molecule has 2 atom stereocenters. The summed E-state index contributed by atoms with van der Waals surface area (Å²) in [5.41, 5.74) is 0.740. The maximum atomic E-state index is 10.4. The van der Waals surface area contributed by atoms with Crippen LogP contribution in [-0.2, 0) is 0 Å². The Hall–Kier alpha value is -0.320. The third-order valence-electron chi connectivity index (χ3n) is 4.73. The lowest BCUT2D eigenvalue weighted by Gasteiger charge is -2.37. The summed E-state index contributed by atoms with van der Waals surface area (Å²) < 4.78 is 0. The summed E-state index contributed by atoms with van der Waals surface area (Å²) in [6, 6.07) is 6.17. The summed E-state index contributed by atoms with van der Waals surface area (Å²) >= 11 is 12.2. The van der Waals surface area contributed by atoms with Crippen LogP contribution in [0.25, 0.3) is 0 Å². The van der Waals surface area contributed by atoms with Crippen molar-refractivity contribution in [3.63, 3.8) is 0 Å². The van der Waals surface area contributed by atoms with Crippen molar-refractivity contribution >= 4 is 23.2 Å². The molecule has 21 heavy (non-hydrogen) atoms. The molecule has 5 heteroatoms. The van der Waals surface area contributed by atoms with Crippen molar-refractivity contribution in [2.75, 3.05) is 32.7 Å². The van der Waals surface area contributed by atoms with Crippen LogP contribution < -0.4 is 0 Å². The lowest BCUT2D eigenvalue weighted by atomic mass is 10.1. The molecule has 1 aromatic carbocycles. The fraction of sp³-hybridized carbons (Fsp3) is 0.625. The molecule has 0 aromatic heterocycles. The fourth-order valence-corrected chi connectivity index (χ4v) is 3.93. The number of benzene rings is 1. The lowest BCUT2D eigenvalue weighted by molar-refractivity contribution is 0.0835. The largest absolute Gasteiger partial charge is 0.388 e. The summed E-state index contributed by atoms with van der Waals surface area (Å²) in [5.74, 6) is 0. The van der Waals surface area contributed by atoms with Gasteiger partial charge in [-0.25, -0.2) is 0 Å². The molecule has 2 saturated heterocycles. The van der Waals surface area contributed by atoms with E-state index >= 15 is 0 Å². The van der Waals surface area contributed by atoms with Crippen molar-refractivity contribution < 1.29 is 5.11 Å². The van der Waals surface area contributed by atoms with Crippen LogP contribution in [0.1, 0.15) is 30.9 Å². The van der Waals surface area contributed by atoms with Gasteiger partial charge in [-0.2, -0.15) is 0 Å². The minimum atomic E-state index is -0.544. The Kier molecular flexibility index (Phi) is 5.07. The van der Waals surface area contributed by atoms with E-state index in [0.717, 1.165) is 31.2 Å². The highest BCUT2D eigenvalue weighted by Crippen LogP contribution is 2.31. The van der Waals surface area contributed by atoms with Gasteiger partial charge in [0.1, 0.15) is 0 Å². The molecule has 3 nitrogen and oxygen atoms in total. The Morgan fingerprint density at radius 3 is 2.95 bits per heavy atom. The van der Waals surface area contributed by atoms with Crippen molar-refractivity contribution in [2.45, 2.75) is 31.4 Å². The molecule has 3 rings (SSSR count). The molecule has 1 N–H and O–H groups in total. The van der Waals surface area contributed by atoms with Gasteiger partial charge < -0.3 is 10.0 Å². The molecular formula is C16H22Cl2N2O. The van der Waals surface area contributed by atoms with Crippen molar-refractivity contribution in [3.05, 3.63) is 33.8 Å². The van der Waals surface area contributed by atoms with Crippen LogP contribution >= 0.6 is 23.2 Å². The van der Waals surface area contributed by atoms with Gasteiger partial charge in [0.15, 0.2) is 0 Å². The Balaban J connectivity index is 1.54. The SMILES string of the molecule is OC(CCN1CCN2CCCC2C1)c1cccc(Cl)c1Cl. The molecule has 116 valence electrons. The molecule has 2 aliphatic rings. The molecule has 2 unspecified atom stereocenters. The smallest absolute Gasteiger partial charge is 0.0817 e. The van der Waals surface area contributed by atoms with Crippen molar-refractivity contribution in [3.8, 4) is 0 Å². The van der Waals surface area contributed by atoms with Crippen molar-refractivity contribution in [1.82, 2.24) is 9.80 Å². The highest BCUT2D eigenvalue weighted by molar-refractivity contribution is 6.42. The van der Waals surface area contributed by atoms with Crippen molar-refractivity contribution in [1.29, 1.82) is 0 Å². The zero-order chi connectivity index (χ0) is 14.8. The van der Waals surface area contributed by atoms with E-state index in [1.807, 2.05) is 12.1 Å². The van der Waals surface area contributed by atoms with Gasteiger partial charge in [0.25, 0.3) is 0 Å². The zero-order valence-corrected chi connectivity index (χ0v) is 13.7. The average Bonchev–Trinajstić information content (AvgIpc) is 2.95. The van der Waals surface area contributed by atoms with Gasteiger partial charge in [0.05, 0.1) is 16.1 Å². The number of nitrogens with zero attached hydrogens (tertiary/aromatic N) is 2. The van der Waals surface area contributed by atoms with Crippen LogP contribution in [0, 0.1) is 0 Å². The first-order valence-corrected chi connectivity index (χ1v) is 8.49. The summed E-state index contributed by atoms with van der Waals surface area (Å²) in [6.07, 6.45) is 2.81. The molecular weight excluding hydrogens is 307 g/mol. The Bertz CT molecular complexity index is 497. The second-order valence-corrected chi connectivity index (χ2v) is 6.87. The first-order chi connectivity index (χ1) is 10.1. The van der Waals surface area contributed by atoms with Gasteiger partial charge in [0.2, 0.25) is 0 Å². The molecule has 0 spiro atoms. The number of fused-ring (bicyclic) bond motifs is 1. The Labute approximate surface area is 136 Å². The molecule has 0 aliphatic carbocycles. The van der Waals surface area contributed by atoms with E-state index in [1.54, 1.807) is 6.07 Å². The first-order valence-electron chi connectivity index (χ1n) is 7.73. The van der Waals surface area contributed by atoms with Crippen LogP contribution in [0.4, 0.5) is 0 Å². The number of aliphatic hydroxyl groups is 1. The summed E-state index contributed by atoms with van der Waals surface area (Å²) in [5, 5.41) is 11.3. The molecule has 2 fully saturated rings. The van der Waals surface area contributed by atoms with E-state index in [1.165, 1.54) is 25.9 Å². The number of piperazine rings is 1. The topological polar surface area (TPSA) is 26.7 Å². The van der Waals surface area contributed by atoms with Crippen LogP contribution in [0.2, 0.25) is 10.0 Å². The average molecular weight is 329 g/mol. The van der Waals surface area contributed by atoms with Gasteiger partial charge in [-0.05, 0) is 31.9 Å². The molecule has 2 aliphatic heterocycles. The van der Waals surface area contributed by atoms with Gasteiger partial charge in [-0.15, -0.1) is 0 Å². The van der Waals surface area contributed by atoms with Gasteiger partial charge >= 0.3 is 0 Å². The number of hydrogen-bond acceptors (Lipinski definition) is 3. The molecule has 0 amide bonds. The van der Waals surface area contributed by atoms with E-state index in [4.69, 9.17) is 23.2 Å². The van der Waals surface area contributed by atoms with E-state index < -0.39 is 6.10 Å². The fourth-order valence-electron chi connectivity index (χ4n) is 3.50. The van der Waals surface area contributed by atoms with Gasteiger partial charge in [0, 0.05) is 37.8 Å². The maximum Gasteiger partial charge on any atom is 0.0817 e. The van der Waals surface area contributed by atoms with Gasteiger partial charge in [-0.3, -0.25) is 4.90 Å². The Morgan fingerprint density at radius 2 is 2.10 bits per heavy atom. The molecule has 0 bridgehead atoms. The van der Waals surface area contributed by atoms with E-state index in [9.17, 15) is 5.11 Å². The number of aliphatic hydroxyl groups excluding tert-OH is 1. The quantitative estimate of drug-likeness (QED) is 0.919.